The minimum Gasteiger partial charge on any atom is -0.393 e. The molecular formula is C18H30O2. The fourth-order valence-corrected chi connectivity index (χ4v) is 6.03. The summed E-state index contributed by atoms with van der Waals surface area (Å²) in [6, 6.07) is 0. The van der Waals surface area contributed by atoms with E-state index in [9.17, 15) is 10.2 Å². The summed E-state index contributed by atoms with van der Waals surface area (Å²) in [6.07, 6.45) is -2.19. The molecule has 0 heterocycles. The summed E-state index contributed by atoms with van der Waals surface area (Å²) in [7, 11) is 0. The maximum atomic E-state index is 10.5. The van der Waals surface area contributed by atoms with Crippen LogP contribution in [0.4, 0.5) is 0 Å². The van der Waals surface area contributed by atoms with Gasteiger partial charge in [-0.15, -0.1) is 0 Å². The molecule has 0 aromatic rings. The topological polar surface area (TPSA) is 40.5 Å². The van der Waals surface area contributed by atoms with Crippen LogP contribution < -0.4 is 0 Å². The Labute approximate surface area is 130 Å². The minimum atomic E-state index is -2.69. The normalized spacial score (nSPS) is 71.0. The maximum absolute atomic E-state index is 10.5. The second-order valence-electron chi connectivity index (χ2n) is 7.79. The lowest BCUT2D eigenvalue weighted by molar-refractivity contribution is -0.0913. The molecule has 114 valence electrons. The van der Waals surface area contributed by atoms with Gasteiger partial charge in [-0.2, -0.15) is 0 Å². The molecule has 0 aliphatic heterocycles. The zero-order valence-electron chi connectivity index (χ0n) is 17.3. The molecule has 2 nitrogen and oxygen atoms in total. The third-order valence-electron chi connectivity index (χ3n) is 7.15. The number of aliphatic hydroxyl groups is 2. The Hall–Kier alpha value is -0.0800. The van der Waals surface area contributed by atoms with Gasteiger partial charge in [0.15, 0.2) is 0 Å². The first-order valence-corrected chi connectivity index (χ1v) is 8.34. The van der Waals surface area contributed by atoms with Crippen molar-refractivity contribution >= 4 is 0 Å². The largest absolute Gasteiger partial charge is 0.393 e. The number of aliphatic hydroxyl groups excluding tert-OH is 1. The van der Waals surface area contributed by atoms with Gasteiger partial charge in [-0.05, 0) is 92.7 Å². The molecule has 0 aromatic carbocycles. The Bertz CT molecular complexity index is 566. The molecule has 0 unspecified atom stereocenters. The molecule has 20 heavy (non-hydrogen) atoms. The molecule has 4 fully saturated rings. The van der Waals surface area contributed by atoms with E-state index in [4.69, 9.17) is 6.85 Å². The van der Waals surface area contributed by atoms with E-state index in [1.165, 1.54) is 0 Å². The number of rotatable bonds is 0. The van der Waals surface area contributed by atoms with Crippen molar-refractivity contribution in [1.82, 2.24) is 0 Å². The number of fused-ring (bicyclic) bond motifs is 5. The zero-order chi connectivity index (χ0) is 18.4. The van der Waals surface area contributed by atoms with E-state index in [2.05, 4.69) is 6.92 Å². The highest BCUT2D eigenvalue weighted by atomic mass is 16.3. The van der Waals surface area contributed by atoms with Crippen LogP contribution in [0.15, 0.2) is 0 Å². The van der Waals surface area contributed by atoms with Crippen molar-refractivity contribution in [2.45, 2.75) is 76.8 Å². The second kappa shape index (κ2) is 4.71. The smallest absolute Gasteiger partial charge is 0.0600 e. The molecule has 8 atom stereocenters. The van der Waals surface area contributed by atoms with Crippen molar-refractivity contribution in [3.8, 4) is 0 Å². The first kappa shape index (κ1) is 9.15. The summed E-state index contributed by atoms with van der Waals surface area (Å²) >= 11 is 0. The quantitative estimate of drug-likeness (QED) is 0.715. The van der Waals surface area contributed by atoms with Crippen LogP contribution in [0.5, 0.6) is 0 Å². The summed E-state index contributed by atoms with van der Waals surface area (Å²) in [4.78, 5) is 0. The molecule has 0 bridgehead atoms. The van der Waals surface area contributed by atoms with Gasteiger partial charge in [0.25, 0.3) is 0 Å². The highest BCUT2D eigenvalue weighted by Crippen LogP contribution is 2.62. The Balaban J connectivity index is 1.67. The van der Waals surface area contributed by atoms with Crippen molar-refractivity contribution in [3.05, 3.63) is 0 Å². The first-order chi connectivity index (χ1) is 11.4. The fourth-order valence-electron chi connectivity index (χ4n) is 6.03. The van der Waals surface area contributed by atoms with Crippen LogP contribution in [0, 0.1) is 35.0 Å². The molecule has 0 amide bonds. The van der Waals surface area contributed by atoms with Crippen molar-refractivity contribution in [2.24, 2.45) is 35.0 Å². The molecule has 4 saturated carbocycles. The average molecular weight is 283 g/mol. The summed E-state index contributed by atoms with van der Waals surface area (Å²) in [6.45, 7) is 2.19. The maximum Gasteiger partial charge on any atom is 0.0600 e. The predicted molar refractivity (Wildman–Crippen MR) is 79.1 cm³/mol. The van der Waals surface area contributed by atoms with Gasteiger partial charge in [-0.1, -0.05) is 6.92 Å². The average Bonchev–Trinajstić information content (AvgIpc) is 2.81. The van der Waals surface area contributed by atoms with Crippen LogP contribution in [0.2, 0.25) is 0 Å². The van der Waals surface area contributed by atoms with Crippen LogP contribution in [-0.4, -0.2) is 22.4 Å². The molecule has 0 aromatic heterocycles. The van der Waals surface area contributed by atoms with Crippen LogP contribution >= 0.6 is 0 Å². The lowest BCUT2D eigenvalue weighted by Gasteiger charge is -2.55. The highest BCUT2D eigenvalue weighted by Gasteiger charge is 2.56. The molecule has 2 heteroatoms. The molecular weight excluding hydrogens is 248 g/mol. The summed E-state index contributed by atoms with van der Waals surface area (Å²) in [5.74, 6) is 0.548. The van der Waals surface area contributed by atoms with Gasteiger partial charge in [0.05, 0.1) is 13.6 Å². The van der Waals surface area contributed by atoms with Gasteiger partial charge in [0, 0.05) is 5.48 Å². The van der Waals surface area contributed by atoms with Gasteiger partial charge < -0.3 is 10.2 Å². The van der Waals surface area contributed by atoms with Gasteiger partial charge in [0.2, 0.25) is 0 Å². The SMILES string of the molecule is [2H]C1([2H])C[C@H]2[C@@H]3CC[C@]4(C)[C@H](CC[C@@H]4O)[C@H]3CC[C@@H]2C([2H])([2H])[C@@]1([2H])O. The molecule has 4 rings (SSSR count). The predicted octanol–water partition coefficient (Wildman–Crippen LogP) is 3.36. The lowest BCUT2D eigenvalue weighted by Crippen LogP contribution is -2.49. The highest BCUT2D eigenvalue weighted by molar-refractivity contribution is 5.06. The molecule has 2 N–H and O–H groups in total. The Morgan fingerprint density at radius 1 is 1.00 bits per heavy atom. The van der Waals surface area contributed by atoms with Crippen LogP contribution in [0.3, 0.4) is 0 Å². The molecule has 0 saturated heterocycles. The Kier molecular flexibility index (Phi) is 2.15. The molecule has 4 aliphatic carbocycles. The van der Waals surface area contributed by atoms with Crippen molar-refractivity contribution in [1.29, 1.82) is 0 Å². The van der Waals surface area contributed by atoms with E-state index in [0.717, 1.165) is 32.1 Å². The van der Waals surface area contributed by atoms with Gasteiger partial charge in [-0.3, -0.25) is 0 Å². The van der Waals surface area contributed by atoms with Gasteiger partial charge in [0.1, 0.15) is 0 Å². The summed E-state index contributed by atoms with van der Waals surface area (Å²) in [5, 5.41) is 20.8. The number of hydrogen-bond donors (Lipinski definition) is 2. The first-order valence-electron chi connectivity index (χ1n) is 10.8. The summed E-state index contributed by atoms with van der Waals surface area (Å²) in [5.41, 5.74) is -0.0448. The van der Waals surface area contributed by atoms with Gasteiger partial charge >= 0.3 is 0 Å². The Morgan fingerprint density at radius 3 is 2.70 bits per heavy atom. The zero-order valence-corrected chi connectivity index (χ0v) is 12.3. The van der Waals surface area contributed by atoms with E-state index >= 15 is 0 Å². The van der Waals surface area contributed by atoms with Crippen LogP contribution in [0.1, 0.15) is 71.5 Å². The van der Waals surface area contributed by atoms with Crippen LogP contribution in [-0.2, 0) is 0 Å². The van der Waals surface area contributed by atoms with Crippen molar-refractivity contribution in [2.75, 3.05) is 0 Å². The standard InChI is InChI=1S/C18H30O2/c1-18-9-8-14-13-5-3-12(19)10-11(13)2-4-15(14)16(18)6-7-17(18)20/h11-17,19-20H,2-10H2,1H3/t11-,12+,13-,14+,15+,16-,17+,18-/m1/s1/i3D2,10D2,12D. The van der Waals surface area contributed by atoms with E-state index in [1.54, 1.807) is 0 Å². The monoisotopic (exact) mass is 283 g/mol. The van der Waals surface area contributed by atoms with E-state index in [-0.39, 0.29) is 29.8 Å². The molecule has 4 aliphatic rings. The van der Waals surface area contributed by atoms with E-state index < -0.39 is 24.7 Å². The Morgan fingerprint density at radius 2 is 1.85 bits per heavy atom. The third kappa shape index (κ3) is 1.83. The van der Waals surface area contributed by atoms with E-state index in [1.807, 2.05) is 0 Å². The minimum absolute atomic E-state index is 0.0448. The van der Waals surface area contributed by atoms with Crippen molar-refractivity contribution in [3.63, 3.8) is 0 Å². The van der Waals surface area contributed by atoms with E-state index in [0.29, 0.717) is 18.3 Å². The molecule has 0 spiro atoms. The fraction of sp³-hybridized carbons (Fsp3) is 1.00. The second-order valence-corrected chi connectivity index (χ2v) is 7.79. The third-order valence-corrected chi connectivity index (χ3v) is 7.15. The lowest BCUT2D eigenvalue weighted by atomic mass is 9.50. The van der Waals surface area contributed by atoms with Crippen molar-refractivity contribution < 1.29 is 17.1 Å². The van der Waals surface area contributed by atoms with Gasteiger partial charge in [-0.25, -0.2) is 0 Å². The van der Waals surface area contributed by atoms with Crippen LogP contribution in [0.25, 0.3) is 0 Å². The molecule has 0 radical (unpaired) electrons. The number of hydrogen-bond acceptors (Lipinski definition) is 2. The summed E-state index contributed by atoms with van der Waals surface area (Å²) < 4.78 is 41.2.